The van der Waals surface area contributed by atoms with Crippen LogP contribution in [0.25, 0.3) is 0 Å². The van der Waals surface area contributed by atoms with Crippen LogP contribution in [0, 0.1) is 11.8 Å². The van der Waals surface area contributed by atoms with Crippen molar-refractivity contribution in [2.45, 2.75) is 40.2 Å². The third-order valence-electron chi connectivity index (χ3n) is 2.27. The summed E-state index contributed by atoms with van der Waals surface area (Å²) in [5.41, 5.74) is 0. The molecule has 0 saturated heterocycles. The van der Waals surface area contributed by atoms with Crippen molar-refractivity contribution in [3.05, 3.63) is 0 Å². The van der Waals surface area contributed by atoms with Gasteiger partial charge in [-0.05, 0) is 5.92 Å². The Morgan fingerprint density at radius 1 is 1.20 bits per heavy atom. The number of rotatable bonds is 5. The quantitative estimate of drug-likeness (QED) is 0.704. The highest BCUT2D eigenvalue weighted by Gasteiger charge is 2.21. The Morgan fingerprint density at radius 3 is 2.07 bits per heavy atom. The normalized spacial score (nSPS) is 12.7. The molecule has 4 heteroatoms. The smallest absolute Gasteiger partial charge is 0.307 e. The summed E-state index contributed by atoms with van der Waals surface area (Å²) in [5.74, 6) is -0.175. The van der Waals surface area contributed by atoms with E-state index >= 15 is 0 Å². The van der Waals surface area contributed by atoms with Gasteiger partial charge in [0.05, 0.1) is 13.5 Å². The second-order valence-electron chi connectivity index (χ2n) is 4.29. The zero-order chi connectivity index (χ0) is 12.0. The zero-order valence-corrected chi connectivity index (χ0v) is 10.2. The molecule has 1 N–H and O–H groups in total. The Morgan fingerprint density at radius 2 is 1.73 bits per heavy atom. The van der Waals surface area contributed by atoms with E-state index < -0.39 is 0 Å². The van der Waals surface area contributed by atoms with Gasteiger partial charge in [0.1, 0.15) is 0 Å². The number of nitrogens with one attached hydrogen (secondary N) is 1. The van der Waals surface area contributed by atoms with E-state index in [1.165, 1.54) is 7.11 Å². The number of amides is 1. The van der Waals surface area contributed by atoms with Gasteiger partial charge in [-0.3, -0.25) is 9.59 Å². The fraction of sp³-hybridized carbons (Fsp3) is 0.818. The topological polar surface area (TPSA) is 55.4 Å². The van der Waals surface area contributed by atoms with Gasteiger partial charge in [-0.15, -0.1) is 0 Å². The fourth-order valence-corrected chi connectivity index (χ4v) is 1.07. The van der Waals surface area contributed by atoms with E-state index in [1.807, 2.05) is 27.7 Å². The van der Waals surface area contributed by atoms with Gasteiger partial charge in [0.2, 0.25) is 5.91 Å². The van der Waals surface area contributed by atoms with E-state index in [1.54, 1.807) is 0 Å². The minimum atomic E-state index is -0.294. The average molecular weight is 215 g/mol. The standard InChI is InChI=1S/C11H21NO3/c1-7(2)9(6-10(13)15-5)12-11(14)8(3)4/h7-9H,6H2,1-5H3,(H,12,14). The lowest BCUT2D eigenvalue weighted by molar-refractivity contribution is -0.141. The van der Waals surface area contributed by atoms with E-state index in [0.717, 1.165) is 0 Å². The van der Waals surface area contributed by atoms with Crippen molar-refractivity contribution in [3.8, 4) is 0 Å². The summed E-state index contributed by atoms with van der Waals surface area (Å²) < 4.78 is 4.58. The van der Waals surface area contributed by atoms with Gasteiger partial charge in [-0.25, -0.2) is 0 Å². The maximum atomic E-state index is 11.5. The van der Waals surface area contributed by atoms with Gasteiger partial charge >= 0.3 is 5.97 Å². The second kappa shape index (κ2) is 6.43. The Hall–Kier alpha value is -1.06. The van der Waals surface area contributed by atoms with Crippen LogP contribution in [-0.2, 0) is 14.3 Å². The molecule has 0 spiro atoms. The van der Waals surface area contributed by atoms with Crippen molar-refractivity contribution in [1.29, 1.82) is 0 Å². The van der Waals surface area contributed by atoms with Gasteiger partial charge in [0.25, 0.3) is 0 Å². The van der Waals surface area contributed by atoms with E-state index in [-0.39, 0.29) is 36.2 Å². The summed E-state index contributed by atoms with van der Waals surface area (Å²) >= 11 is 0. The fourth-order valence-electron chi connectivity index (χ4n) is 1.07. The lowest BCUT2D eigenvalue weighted by atomic mass is 10.00. The van der Waals surface area contributed by atoms with Crippen LogP contribution < -0.4 is 5.32 Å². The molecule has 0 bridgehead atoms. The van der Waals surface area contributed by atoms with E-state index in [4.69, 9.17) is 0 Å². The van der Waals surface area contributed by atoms with Crippen LogP contribution in [0.4, 0.5) is 0 Å². The zero-order valence-electron chi connectivity index (χ0n) is 10.2. The molecule has 0 aliphatic rings. The average Bonchev–Trinajstić information content (AvgIpc) is 2.15. The van der Waals surface area contributed by atoms with Crippen LogP contribution in [0.3, 0.4) is 0 Å². The number of hydrogen-bond donors (Lipinski definition) is 1. The number of ether oxygens (including phenoxy) is 1. The summed E-state index contributed by atoms with van der Waals surface area (Å²) in [6, 6.07) is -0.146. The molecule has 1 unspecified atom stereocenters. The van der Waals surface area contributed by atoms with E-state index in [9.17, 15) is 9.59 Å². The SMILES string of the molecule is COC(=O)CC(NC(=O)C(C)C)C(C)C. The van der Waals surface area contributed by atoms with Gasteiger partial charge in [0, 0.05) is 12.0 Å². The molecule has 0 aromatic heterocycles. The highest BCUT2D eigenvalue weighted by molar-refractivity contribution is 5.79. The predicted molar refractivity (Wildman–Crippen MR) is 58.2 cm³/mol. The molecule has 0 radical (unpaired) electrons. The summed E-state index contributed by atoms with van der Waals surface area (Å²) in [4.78, 5) is 22.6. The van der Waals surface area contributed by atoms with Crippen molar-refractivity contribution in [1.82, 2.24) is 5.32 Å². The van der Waals surface area contributed by atoms with E-state index in [0.29, 0.717) is 0 Å². The molecule has 0 aromatic rings. The lowest BCUT2D eigenvalue weighted by Crippen LogP contribution is -2.42. The third-order valence-corrected chi connectivity index (χ3v) is 2.27. The second-order valence-corrected chi connectivity index (χ2v) is 4.29. The van der Waals surface area contributed by atoms with Crippen LogP contribution in [0.2, 0.25) is 0 Å². The molecule has 0 aromatic carbocycles. The molecule has 0 heterocycles. The number of carbonyl (C=O) groups excluding carboxylic acids is 2. The van der Waals surface area contributed by atoms with Gasteiger partial charge in [-0.1, -0.05) is 27.7 Å². The molecule has 0 saturated carbocycles. The van der Waals surface area contributed by atoms with Crippen molar-refractivity contribution in [2.24, 2.45) is 11.8 Å². The van der Waals surface area contributed by atoms with E-state index in [2.05, 4.69) is 10.1 Å². The Labute approximate surface area is 91.4 Å². The summed E-state index contributed by atoms with van der Waals surface area (Å²) in [7, 11) is 1.35. The summed E-state index contributed by atoms with van der Waals surface area (Å²) in [6.07, 6.45) is 0.229. The Bertz CT molecular complexity index is 224. The largest absolute Gasteiger partial charge is 0.469 e. The molecule has 4 nitrogen and oxygen atoms in total. The van der Waals surface area contributed by atoms with Crippen LogP contribution in [0.15, 0.2) is 0 Å². The predicted octanol–water partition coefficient (Wildman–Crippen LogP) is 1.35. The maximum Gasteiger partial charge on any atom is 0.307 e. The lowest BCUT2D eigenvalue weighted by Gasteiger charge is -2.22. The molecular weight excluding hydrogens is 194 g/mol. The third kappa shape index (κ3) is 5.40. The first-order valence-electron chi connectivity index (χ1n) is 5.25. The minimum absolute atomic E-state index is 0.0300. The minimum Gasteiger partial charge on any atom is -0.469 e. The first-order chi connectivity index (χ1) is 6.88. The highest BCUT2D eigenvalue weighted by atomic mass is 16.5. The van der Waals surface area contributed by atoms with Crippen molar-refractivity contribution in [2.75, 3.05) is 7.11 Å². The van der Waals surface area contributed by atoms with Crippen molar-refractivity contribution < 1.29 is 14.3 Å². The van der Waals surface area contributed by atoms with Crippen LogP contribution in [0.5, 0.6) is 0 Å². The summed E-state index contributed by atoms with van der Waals surface area (Å²) in [6.45, 7) is 7.58. The Balaban J connectivity index is 4.28. The van der Waals surface area contributed by atoms with Gasteiger partial charge in [0.15, 0.2) is 0 Å². The van der Waals surface area contributed by atoms with Gasteiger partial charge in [-0.2, -0.15) is 0 Å². The van der Waals surface area contributed by atoms with Crippen LogP contribution in [0.1, 0.15) is 34.1 Å². The molecule has 0 rings (SSSR count). The first kappa shape index (κ1) is 13.9. The molecular formula is C11H21NO3. The summed E-state index contributed by atoms with van der Waals surface area (Å²) in [5, 5.41) is 2.84. The number of carbonyl (C=O) groups is 2. The highest BCUT2D eigenvalue weighted by Crippen LogP contribution is 2.08. The molecule has 0 aliphatic heterocycles. The van der Waals surface area contributed by atoms with Crippen molar-refractivity contribution >= 4 is 11.9 Å². The molecule has 1 amide bonds. The number of hydrogen-bond acceptors (Lipinski definition) is 3. The molecule has 15 heavy (non-hydrogen) atoms. The number of esters is 1. The van der Waals surface area contributed by atoms with Crippen LogP contribution >= 0.6 is 0 Å². The maximum absolute atomic E-state index is 11.5. The van der Waals surface area contributed by atoms with Gasteiger partial charge < -0.3 is 10.1 Å². The van der Waals surface area contributed by atoms with Crippen molar-refractivity contribution in [3.63, 3.8) is 0 Å². The molecule has 0 aliphatic carbocycles. The molecule has 1 atom stereocenters. The van der Waals surface area contributed by atoms with Crippen LogP contribution in [-0.4, -0.2) is 25.0 Å². The Kier molecular flexibility index (Phi) is 5.97. The monoisotopic (exact) mass is 215 g/mol. The number of methoxy groups -OCH3 is 1. The molecule has 88 valence electrons. The molecule has 0 fully saturated rings. The first-order valence-corrected chi connectivity index (χ1v) is 5.25.